The molecule has 1 fully saturated rings. The summed E-state index contributed by atoms with van der Waals surface area (Å²) in [5.41, 5.74) is 2.43. The Morgan fingerprint density at radius 1 is 0.829 bits per heavy atom. The number of fused-ring (bicyclic) bond motifs is 1. The summed E-state index contributed by atoms with van der Waals surface area (Å²) in [6.07, 6.45) is 1.59. The van der Waals surface area contributed by atoms with E-state index >= 15 is 0 Å². The number of rotatable bonds is 6. The highest BCUT2D eigenvalue weighted by Gasteiger charge is 2.25. The largest absolute Gasteiger partial charge is 0.368 e. The summed E-state index contributed by atoms with van der Waals surface area (Å²) in [7, 11) is -3.68. The van der Waals surface area contributed by atoms with E-state index < -0.39 is 9.84 Å². The van der Waals surface area contributed by atoms with E-state index in [0.717, 1.165) is 24.3 Å². The lowest BCUT2D eigenvalue weighted by atomic mass is 10.2. The minimum atomic E-state index is -3.68. The van der Waals surface area contributed by atoms with Crippen molar-refractivity contribution in [2.75, 3.05) is 31.1 Å². The normalized spacial score (nSPS) is 14.4. The third-order valence-corrected chi connectivity index (χ3v) is 8.50. The zero-order valence-corrected chi connectivity index (χ0v) is 20.8. The fourth-order valence-corrected chi connectivity index (χ4v) is 6.48. The molecule has 4 aromatic rings. The van der Waals surface area contributed by atoms with Crippen LogP contribution < -0.4 is 4.90 Å². The van der Waals surface area contributed by atoms with Crippen LogP contribution in [-0.4, -0.2) is 50.0 Å². The fourth-order valence-electron chi connectivity index (χ4n) is 4.59. The monoisotopic (exact) mass is 507 g/mol. The second-order valence-corrected chi connectivity index (χ2v) is 11.1. The molecule has 0 atom stereocenters. The lowest BCUT2D eigenvalue weighted by Gasteiger charge is -2.36. The van der Waals surface area contributed by atoms with Gasteiger partial charge in [-0.1, -0.05) is 66.2 Å². The van der Waals surface area contributed by atoms with E-state index in [1.54, 1.807) is 41.1 Å². The molecule has 0 spiro atoms. The van der Waals surface area contributed by atoms with E-state index in [0.29, 0.717) is 29.1 Å². The molecule has 8 heteroatoms. The summed E-state index contributed by atoms with van der Waals surface area (Å²) in [5, 5.41) is 1.03. The third-order valence-electron chi connectivity index (χ3n) is 6.45. The van der Waals surface area contributed by atoms with Gasteiger partial charge in [-0.2, -0.15) is 0 Å². The maximum absolute atomic E-state index is 13.4. The lowest BCUT2D eigenvalue weighted by Crippen LogP contribution is -2.49. The number of para-hydroxylation sites is 2. The number of halogens is 1. The third kappa shape index (κ3) is 4.92. The van der Waals surface area contributed by atoms with Crippen LogP contribution in [0.1, 0.15) is 5.56 Å². The van der Waals surface area contributed by atoms with E-state index in [9.17, 15) is 13.2 Å². The minimum Gasteiger partial charge on any atom is -0.368 e. The first-order valence-electron chi connectivity index (χ1n) is 11.5. The predicted molar refractivity (Wildman–Crippen MR) is 140 cm³/mol. The number of nitrogens with zero attached hydrogens (tertiary/aromatic N) is 3. The van der Waals surface area contributed by atoms with E-state index in [2.05, 4.69) is 17.0 Å². The van der Waals surface area contributed by atoms with Crippen LogP contribution >= 0.6 is 11.6 Å². The standard InChI is InChI=1S/C27H26ClN3O3S/c28-24-12-6-4-8-21(24)20-35(33,34)26-18-31(25-13-7-5-11-23(25)26)19-27(32)30-16-14-29(15-17-30)22-9-2-1-3-10-22/h1-13,18H,14-17,19-20H2. The van der Waals surface area contributed by atoms with Crippen LogP contribution in [0.15, 0.2) is 90.0 Å². The first kappa shape index (κ1) is 23.5. The highest BCUT2D eigenvalue weighted by molar-refractivity contribution is 7.90. The molecule has 3 aromatic carbocycles. The van der Waals surface area contributed by atoms with E-state index in [-0.39, 0.29) is 23.1 Å². The van der Waals surface area contributed by atoms with E-state index in [4.69, 9.17) is 11.6 Å². The van der Waals surface area contributed by atoms with Crippen molar-refractivity contribution >= 4 is 43.9 Å². The molecule has 1 saturated heterocycles. The average molecular weight is 508 g/mol. The SMILES string of the molecule is O=C(Cn1cc(S(=O)(=O)Cc2ccccc2Cl)c2ccccc21)N1CCN(c2ccccc2)CC1. The van der Waals surface area contributed by atoms with Crippen LogP contribution in [0.5, 0.6) is 0 Å². The van der Waals surface area contributed by atoms with E-state index in [1.807, 2.05) is 41.3 Å². The van der Waals surface area contributed by atoms with Gasteiger partial charge in [0.15, 0.2) is 9.84 Å². The van der Waals surface area contributed by atoms with Gasteiger partial charge in [0.05, 0.1) is 10.6 Å². The maximum Gasteiger partial charge on any atom is 0.242 e. The number of hydrogen-bond acceptors (Lipinski definition) is 4. The molecule has 1 aliphatic heterocycles. The Balaban J connectivity index is 1.35. The van der Waals surface area contributed by atoms with Gasteiger partial charge in [-0.3, -0.25) is 4.79 Å². The topological polar surface area (TPSA) is 62.6 Å². The molecule has 0 bridgehead atoms. The number of aromatic nitrogens is 1. The zero-order chi connectivity index (χ0) is 24.4. The minimum absolute atomic E-state index is 0.0199. The van der Waals surface area contributed by atoms with E-state index in [1.165, 1.54) is 0 Å². The molecule has 180 valence electrons. The Kier molecular flexibility index (Phi) is 6.54. The quantitative estimate of drug-likeness (QED) is 0.382. The summed E-state index contributed by atoms with van der Waals surface area (Å²) in [4.78, 5) is 17.5. The van der Waals surface area contributed by atoms with Gasteiger partial charge in [-0.05, 0) is 29.8 Å². The Morgan fingerprint density at radius 2 is 1.49 bits per heavy atom. The van der Waals surface area contributed by atoms with Crippen LogP contribution in [0.4, 0.5) is 5.69 Å². The van der Waals surface area contributed by atoms with Crippen molar-refractivity contribution in [2.45, 2.75) is 17.2 Å². The van der Waals surface area contributed by atoms with Gasteiger partial charge in [0.1, 0.15) is 6.54 Å². The Hall–Kier alpha value is -3.29. The Bertz CT molecular complexity index is 1460. The molecule has 2 heterocycles. The summed E-state index contributed by atoms with van der Waals surface area (Å²) >= 11 is 6.22. The Morgan fingerprint density at radius 3 is 2.23 bits per heavy atom. The van der Waals surface area contributed by atoms with Crippen molar-refractivity contribution in [3.63, 3.8) is 0 Å². The lowest BCUT2D eigenvalue weighted by molar-refractivity contribution is -0.132. The summed E-state index contributed by atoms with van der Waals surface area (Å²) in [6.45, 7) is 2.88. The zero-order valence-electron chi connectivity index (χ0n) is 19.2. The van der Waals surface area contributed by atoms with Gasteiger partial charge in [-0.15, -0.1) is 0 Å². The van der Waals surface area contributed by atoms with Gasteiger partial charge in [-0.25, -0.2) is 8.42 Å². The Labute approximate surface area is 210 Å². The van der Waals surface area contributed by atoms with Crippen LogP contribution in [0, 0.1) is 0 Å². The fraction of sp³-hybridized carbons (Fsp3) is 0.222. The smallest absolute Gasteiger partial charge is 0.242 e. The number of carbonyl (C=O) groups excluding carboxylic acids is 1. The van der Waals surface area contributed by atoms with Crippen LogP contribution in [0.2, 0.25) is 5.02 Å². The molecule has 0 saturated carbocycles. The number of amides is 1. The van der Waals surface area contributed by atoms with Gasteiger partial charge < -0.3 is 14.4 Å². The second kappa shape index (κ2) is 9.76. The molecule has 5 rings (SSSR count). The predicted octanol–water partition coefficient (Wildman–Crippen LogP) is 4.62. The first-order chi connectivity index (χ1) is 16.9. The van der Waals surface area contributed by atoms with Crippen molar-refractivity contribution in [1.82, 2.24) is 9.47 Å². The molecular weight excluding hydrogens is 482 g/mol. The van der Waals surface area contributed by atoms with Crippen molar-refractivity contribution in [1.29, 1.82) is 0 Å². The maximum atomic E-state index is 13.4. The van der Waals surface area contributed by atoms with Gasteiger partial charge in [0.25, 0.3) is 0 Å². The number of anilines is 1. The van der Waals surface area contributed by atoms with Crippen molar-refractivity contribution in [3.8, 4) is 0 Å². The molecular formula is C27H26ClN3O3S. The van der Waals surface area contributed by atoms with Crippen LogP contribution in [0.25, 0.3) is 10.9 Å². The molecule has 0 N–H and O–H groups in total. The summed E-state index contributed by atoms with van der Waals surface area (Å²) in [6, 6.07) is 24.4. The molecule has 6 nitrogen and oxygen atoms in total. The van der Waals surface area contributed by atoms with Crippen molar-refractivity contribution in [2.24, 2.45) is 0 Å². The number of sulfone groups is 1. The first-order valence-corrected chi connectivity index (χ1v) is 13.6. The second-order valence-electron chi connectivity index (χ2n) is 8.69. The molecule has 0 unspecified atom stereocenters. The number of benzene rings is 3. The summed E-state index contributed by atoms with van der Waals surface area (Å²) < 4.78 is 28.5. The van der Waals surface area contributed by atoms with Gasteiger partial charge in [0, 0.05) is 54.0 Å². The van der Waals surface area contributed by atoms with Crippen molar-refractivity contribution in [3.05, 3.63) is 95.6 Å². The van der Waals surface area contributed by atoms with Gasteiger partial charge in [0.2, 0.25) is 5.91 Å². The van der Waals surface area contributed by atoms with Crippen LogP contribution in [-0.2, 0) is 26.9 Å². The number of piperazine rings is 1. The molecule has 1 amide bonds. The highest BCUT2D eigenvalue weighted by Crippen LogP contribution is 2.30. The van der Waals surface area contributed by atoms with Gasteiger partial charge >= 0.3 is 0 Å². The number of hydrogen-bond donors (Lipinski definition) is 0. The summed E-state index contributed by atoms with van der Waals surface area (Å²) in [5.74, 6) is -0.218. The molecule has 35 heavy (non-hydrogen) atoms. The average Bonchev–Trinajstić information content (AvgIpc) is 3.25. The number of carbonyl (C=O) groups is 1. The highest BCUT2D eigenvalue weighted by atomic mass is 35.5. The molecule has 1 aromatic heterocycles. The molecule has 0 radical (unpaired) electrons. The van der Waals surface area contributed by atoms with Crippen molar-refractivity contribution < 1.29 is 13.2 Å². The molecule has 0 aliphatic carbocycles. The van der Waals surface area contributed by atoms with Crippen LogP contribution in [0.3, 0.4) is 0 Å². The molecule has 1 aliphatic rings.